The molecule has 2 N–H and O–H groups in total. The van der Waals surface area contributed by atoms with Crippen LogP contribution >= 0.6 is 0 Å². The number of non-ortho nitro benzene ring substituents is 1. The fourth-order valence-corrected chi connectivity index (χ4v) is 4.53. The van der Waals surface area contributed by atoms with Crippen LogP contribution in [0.3, 0.4) is 0 Å². The number of hydrogen-bond donors (Lipinski definition) is 2. The highest BCUT2D eigenvalue weighted by Gasteiger charge is 2.47. The van der Waals surface area contributed by atoms with Gasteiger partial charge in [0, 0.05) is 42.3 Å². The van der Waals surface area contributed by atoms with Crippen molar-refractivity contribution in [3.63, 3.8) is 0 Å². The van der Waals surface area contributed by atoms with Crippen molar-refractivity contribution in [2.24, 2.45) is 0 Å². The van der Waals surface area contributed by atoms with Crippen molar-refractivity contribution in [2.45, 2.75) is 33.4 Å². The molecule has 0 radical (unpaired) electrons. The van der Waals surface area contributed by atoms with Gasteiger partial charge < -0.3 is 19.7 Å². The van der Waals surface area contributed by atoms with E-state index < -0.39 is 34.4 Å². The highest BCUT2D eigenvalue weighted by Crippen LogP contribution is 2.42. The molecule has 0 saturated carbocycles. The zero-order chi connectivity index (χ0) is 26.9. The molecule has 1 fully saturated rings. The van der Waals surface area contributed by atoms with Crippen molar-refractivity contribution < 1.29 is 29.2 Å². The monoisotopic (exact) mass is 504 g/mol. The number of ketones is 1. The van der Waals surface area contributed by atoms with E-state index in [1.165, 1.54) is 29.3 Å². The van der Waals surface area contributed by atoms with Crippen LogP contribution in [0.4, 0.5) is 5.69 Å². The summed E-state index contributed by atoms with van der Waals surface area (Å²) in [6.45, 7) is 4.97. The lowest BCUT2D eigenvalue weighted by molar-refractivity contribution is -0.384. The smallest absolute Gasteiger partial charge is 0.355 e. The van der Waals surface area contributed by atoms with E-state index in [4.69, 9.17) is 4.74 Å². The molecule has 11 heteroatoms. The van der Waals surface area contributed by atoms with E-state index in [9.17, 15) is 29.6 Å². The van der Waals surface area contributed by atoms with Crippen molar-refractivity contribution in [1.29, 1.82) is 0 Å². The number of aliphatic hydroxyl groups excluding tert-OH is 1. The summed E-state index contributed by atoms with van der Waals surface area (Å²) in [7, 11) is 0. The minimum absolute atomic E-state index is 0.0261. The summed E-state index contributed by atoms with van der Waals surface area (Å²) in [6.07, 6.45) is 3.10. The van der Waals surface area contributed by atoms with E-state index >= 15 is 0 Å². The second-order valence-corrected chi connectivity index (χ2v) is 8.49. The molecular formula is C26H24N4O7. The highest BCUT2D eigenvalue weighted by atomic mass is 16.6. The van der Waals surface area contributed by atoms with Gasteiger partial charge in [-0.15, -0.1) is 0 Å². The number of aromatic amines is 1. The normalized spacial score (nSPS) is 16.7. The first kappa shape index (κ1) is 25.3. The van der Waals surface area contributed by atoms with Crippen LogP contribution < -0.4 is 0 Å². The molecule has 1 atom stereocenters. The van der Waals surface area contributed by atoms with Crippen LogP contribution in [0, 0.1) is 24.0 Å². The minimum atomic E-state index is -1.13. The van der Waals surface area contributed by atoms with E-state index in [0.29, 0.717) is 16.8 Å². The lowest BCUT2D eigenvalue weighted by Gasteiger charge is -2.25. The van der Waals surface area contributed by atoms with E-state index in [0.717, 1.165) is 0 Å². The average molecular weight is 504 g/mol. The van der Waals surface area contributed by atoms with Gasteiger partial charge in [-0.3, -0.25) is 24.7 Å². The molecule has 11 nitrogen and oxygen atoms in total. The molecule has 1 saturated heterocycles. The van der Waals surface area contributed by atoms with Gasteiger partial charge in [-0.05, 0) is 43.5 Å². The Morgan fingerprint density at radius 2 is 2.00 bits per heavy atom. The molecular weight excluding hydrogens is 480 g/mol. The fraction of sp³-hybridized carbons (Fsp3) is 0.231. The van der Waals surface area contributed by atoms with Gasteiger partial charge in [0.2, 0.25) is 0 Å². The largest absolute Gasteiger partial charge is 0.507 e. The van der Waals surface area contributed by atoms with Gasteiger partial charge in [0.1, 0.15) is 11.5 Å². The molecule has 37 heavy (non-hydrogen) atoms. The van der Waals surface area contributed by atoms with Crippen LogP contribution in [0.1, 0.15) is 51.4 Å². The van der Waals surface area contributed by atoms with Crippen LogP contribution in [0.15, 0.2) is 54.4 Å². The number of nitrogens with one attached hydrogen (secondary N) is 1. The van der Waals surface area contributed by atoms with Gasteiger partial charge in [0.25, 0.3) is 17.4 Å². The molecule has 0 bridgehead atoms. The minimum Gasteiger partial charge on any atom is -0.507 e. The van der Waals surface area contributed by atoms with Gasteiger partial charge in [-0.1, -0.05) is 18.2 Å². The number of aliphatic hydroxyl groups is 1. The Labute approximate surface area is 211 Å². The summed E-state index contributed by atoms with van der Waals surface area (Å²) in [4.78, 5) is 58.0. The molecule has 3 aromatic rings. The number of H-pyrrole nitrogens is 1. The first-order valence-electron chi connectivity index (χ1n) is 11.4. The first-order valence-corrected chi connectivity index (χ1v) is 11.4. The van der Waals surface area contributed by atoms with Crippen molar-refractivity contribution >= 4 is 29.1 Å². The Morgan fingerprint density at radius 3 is 2.65 bits per heavy atom. The second kappa shape index (κ2) is 10.1. The SMILES string of the molecule is CCOC(=O)c1[nH]c(C)c(/C(O)=C2\C(=O)C(=O)N(Cc3cccnc3)C2c2cccc([N+](=O)[O-])c2)c1C. The molecule has 0 spiro atoms. The first-order chi connectivity index (χ1) is 17.6. The number of nitrogens with zero attached hydrogens (tertiary/aromatic N) is 3. The third-order valence-electron chi connectivity index (χ3n) is 6.17. The van der Waals surface area contributed by atoms with Gasteiger partial charge in [-0.2, -0.15) is 0 Å². The van der Waals surface area contributed by atoms with E-state index in [2.05, 4.69) is 9.97 Å². The number of carbonyl (C=O) groups is 3. The number of aryl methyl sites for hydroxylation is 1. The molecule has 190 valence electrons. The van der Waals surface area contributed by atoms with Gasteiger partial charge in [0.15, 0.2) is 0 Å². The number of likely N-dealkylation sites (tertiary alicyclic amines) is 1. The molecule has 1 amide bonds. The fourth-order valence-electron chi connectivity index (χ4n) is 4.53. The Kier molecular flexibility index (Phi) is 6.87. The number of amides is 1. The maximum absolute atomic E-state index is 13.3. The number of rotatable bonds is 7. The number of aromatic nitrogens is 2. The summed E-state index contributed by atoms with van der Waals surface area (Å²) < 4.78 is 5.06. The molecule has 1 aliphatic rings. The van der Waals surface area contributed by atoms with Crippen LogP contribution in [0.5, 0.6) is 0 Å². The average Bonchev–Trinajstić information content (AvgIpc) is 3.32. The number of hydrogen-bond acceptors (Lipinski definition) is 8. The zero-order valence-corrected chi connectivity index (χ0v) is 20.3. The summed E-state index contributed by atoms with van der Waals surface area (Å²) in [5.41, 5.74) is 1.43. The summed E-state index contributed by atoms with van der Waals surface area (Å²) in [5, 5.41) is 22.9. The summed E-state index contributed by atoms with van der Waals surface area (Å²) in [5.74, 6) is -2.95. The van der Waals surface area contributed by atoms with Crippen LogP contribution in [-0.2, 0) is 20.9 Å². The Balaban J connectivity index is 1.92. The van der Waals surface area contributed by atoms with Gasteiger partial charge >= 0.3 is 5.97 Å². The topological polar surface area (TPSA) is 156 Å². The summed E-state index contributed by atoms with van der Waals surface area (Å²) >= 11 is 0. The van der Waals surface area contributed by atoms with Crippen LogP contribution in [0.2, 0.25) is 0 Å². The van der Waals surface area contributed by atoms with Crippen molar-refractivity contribution in [3.8, 4) is 0 Å². The molecule has 3 heterocycles. The maximum Gasteiger partial charge on any atom is 0.355 e. The lowest BCUT2D eigenvalue weighted by atomic mass is 9.93. The van der Waals surface area contributed by atoms with Crippen LogP contribution in [0.25, 0.3) is 5.76 Å². The predicted molar refractivity (Wildman–Crippen MR) is 131 cm³/mol. The lowest BCUT2D eigenvalue weighted by Crippen LogP contribution is -2.29. The Bertz CT molecular complexity index is 1440. The highest BCUT2D eigenvalue weighted by molar-refractivity contribution is 6.46. The third kappa shape index (κ3) is 4.58. The molecule has 0 aliphatic carbocycles. The number of nitro benzene ring substituents is 1. The number of ether oxygens (including phenoxy) is 1. The Morgan fingerprint density at radius 1 is 1.24 bits per heavy atom. The van der Waals surface area contributed by atoms with E-state index in [-0.39, 0.29) is 41.2 Å². The number of Topliss-reactive ketones (excluding diaryl/α,β-unsaturated/α-hetero) is 1. The Hall–Kier alpha value is -4.80. The standard InChI is InChI=1S/C26H24N4O7/c1-4-37-26(34)21-14(2)19(15(3)28-21)23(31)20-22(17-8-5-9-18(11-17)30(35)36)29(25(33)24(20)32)13-16-7-6-10-27-12-16/h5-12,22,28,31H,4,13H2,1-3H3/b23-20+. The zero-order valence-electron chi connectivity index (χ0n) is 20.3. The number of esters is 1. The predicted octanol–water partition coefficient (Wildman–Crippen LogP) is 3.73. The van der Waals surface area contributed by atoms with Crippen molar-refractivity contribution in [1.82, 2.24) is 14.9 Å². The quantitative estimate of drug-likeness (QED) is 0.123. The molecule has 4 rings (SSSR count). The van der Waals surface area contributed by atoms with Gasteiger partial charge in [0.05, 0.1) is 23.1 Å². The molecule has 1 aliphatic heterocycles. The molecule has 1 unspecified atom stereocenters. The van der Waals surface area contributed by atoms with Crippen molar-refractivity contribution in [3.05, 3.63) is 98.1 Å². The van der Waals surface area contributed by atoms with Gasteiger partial charge in [-0.25, -0.2) is 4.79 Å². The van der Waals surface area contributed by atoms with Crippen LogP contribution in [-0.4, -0.2) is 49.2 Å². The third-order valence-corrected chi connectivity index (χ3v) is 6.17. The second-order valence-electron chi connectivity index (χ2n) is 8.49. The number of pyridine rings is 1. The molecule has 1 aromatic carbocycles. The van der Waals surface area contributed by atoms with E-state index in [1.807, 2.05) is 0 Å². The summed E-state index contributed by atoms with van der Waals surface area (Å²) in [6, 6.07) is 7.83. The number of nitro groups is 1. The van der Waals surface area contributed by atoms with Crippen molar-refractivity contribution in [2.75, 3.05) is 6.61 Å². The van der Waals surface area contributed by atoms with E-state index in [1.54, 1.807) is 45.2 Å². The number of carbonyl (C=O) groups excluding carboxylic acids is 3. The number of benzene rings is 1. The molecule has 2 aromatic heterocycles. The maximum atomic E-state index is 13.3.